The van der Waals surface area contributed by atoms with Crippen molar-refractivity contribution in [3.05, 3.63) is 70.2 Å². The van der Waals surface area contributed by atoms with Crippen molar-refractivity contribution in [1.29, 1.82) is 0 Å². The Labute approximate surface area is 142 Å². The third-order valence-electron chi connectivity index (χ3n) is 4.32. The van der Waals surface area contributed by atoms with Crippen LogP contribution in [0.1, 0.15) is 34.9 Å². The quantitative estimate of drug-likeness (QED) is 0.829. The summed E-state index contributed by atoms with van der Waals surface area (Å²) in [6, 6.07) is 13.0. The summed E-state index contributed by atoms with van der Waals surface area (Å²) in [7, 11) is 0. The van der Waals surface area contributed by atoms with E-state index in [0.29, 0.717) is 18.5 Å². The van der Waals surface area contributed by atoms with E-state index in [1.54, 1.807) is 6.07 Å². The highest BCUT2D eigenvalue weighted by Crippen LogP contribution is 2.42. The second-order valence-corrected chi connectivity index (χ2v) is 6.22. The van der Waals surface area contributed by atoms with Gasteiger partial charge in [0.15, 0.2) is 0 Å². The molecule has 2 nitrogen and oxygen atoms in total. The van der Waals surface area contributed by atoms with E-state index in [1.165, 1.54) is 6.07 Å². The molecule has 0 saturated carbocycles. The predicted octanol–water partition coefficient (Wildman–Crippen LogP) is 4.75. The van der Waals surface area contributed by atoms with Crippen LogP contribution in [0, 0.1) is 0 Å². The molecule has 0 bridgehead atoms. The minimum absolute atomic E-state index is 0.166. The molecule has 1 N–H and O–H groups in total. The number of carbonyl (C=O) groups is 1. The minimum atomic E-state index is -4.52. The molecule has 126 valence electrons. The Balaban J connectivity index is 2.04. The molecule has 2 atom stereocenters. The summed E-state index contributed by atoms with van der Waals surface area (Å²) < 4.78 is 39.4. The van der Waals surface area contributed by atoms with Crippen LogP contribution >= 0.6 is 11.6 Å². The first-order valence-electron chi connectivity index (χ1n) is 7.57. The molecule has 1 saturated heterocycles. The summed E-state index contributed by atoms with van der Waals surface area (Å²) >= 11 is 5.70. The Morgan fingerprint density at radius 2 is 1.75 bits per heavy atom. The lowest BCUT2D eigenvalue weighted by Gasteiger charge is -2.32. The molecule has 1 fully saturated rings. The number of benzene rings is 2. The molecule has 0 aromatic heterocycles. The van der Waals surface area contributed by atoms with E-state index in [1.807, 2.05) is 30.3 Å². The fourth-order valence-corrected chi connectivity index (χ4v) is 3.43. The van der Waals surface area contributed by atoms with Crippen LogP contribution in [-0.4, -0.2) is 12.5 Å². The molecule has 1 heterocycles. The summed E-state index contributed by atoms with van der Waals surface area (Å²) in [4.78, 5) is 12.4. The van der Waals surface area contributed by atoms with Gasteiger partial charge in [0, 0.05) is 12.5 Å². The zero-order chi connectivity index (χ0) is 17.3. The molecular weight excluding hydrogens is 339 g/mol. The van der Waals surface area contributed by atoms with Gasteiger partial charge in [0.25, 0.3) is 0 Å². The molecule has 6 heteroatoms. The van der Waals surface area contributed by atoms with Crippen LogP contribution in [0.2, 0.25) is 5.02 Å². The number of alkyl halides is 3. The number of carbonyl (C=O) groups excluding carboxylic acids is 1. The van der Waals surface area contributed by atoms with Crippen molar-refractivity contribution in [2.24, 2.45) is 0 Å². The molecule has 24 heavy (non-hydrogen) atoms. The van der Waals surface area contributed by atoms with Gasteiger partial charge in [-0.25, -0.2) is 0 Å². The highest BCUT2D eigenvalue weighted by molar-refractivity contribution is 6.31. The smallest absolute Gasteiger partial charge is 0.356 e. The summed E-state index contributed by atoms with van der Waals surface area (Å²) in [5.41, 5.74) is 0.415. The van der Waals surface area contributed by atoms with Gasteiger partial charge in [0.2, 0.25) is 5.91 Å². The summed E-state index contributed by atoms with van der Waals surface area (Å²) in [5.74, 6) is -0.998. The van der Waals surface area contributed by atoms with E-state index < -0.39 is 17.7 Å². The van der Waals surface area contributed by atoms with E-state index in [9.17, 15) is 18.0 Å². The van der Waals surface area contributed by atoms with Crippen molar-refractivity contribution < 1.29 is 18.0 Å². The van der Waals surface area contributed by atoms with Gasteiger partial charge < -0.3 is 5.32 Å². The van der Waals surface area contributed by atoms with Crippen LogP contribution in [0.3, 0.4) is 0 Å². The minimum Gasteiger partial charge on any atom is -0.356 e. The van der Waals surface area contributed by atoms with Gasteiger partial charge in [-0.1, -0.05) is 48.0 Å². The monoisotopic (exact) mass is 353 g/mol. The molecule has 1 amide bonds. The lowest BCUT2D eigenvalue weighted by molar-refractivity contribution is -0.137. The predicted molar refractivity (Wildman–Crippen MR) is 86.0 cm³/mol. The Morgan fingerprint density at radius 1 is 1.04 bits per heavy atom. The van der Waals surface area contributed by atoms with E-state index >= 15 is 0 Å². The maximum Gasteiger partial charge on any atom is 0.417 e. The maximum absolute atomic E-state index is 13.1. The summed E-state index contributed by atoms with van der Waals surface area (Å²) in [6.07, 6.45) is -3.95. The van der Waals surface area contributed by atoms with Crippen LogP contribution in [0.5, 0.6) is 0 Å². The third kappa shape index (κ3) is 3.26. The normalized spacial score (nSPS) is 21.4. The molecule has 3 rings (SSSR count). The van der Waals surface area contributed by atoms with Gasteiger partial charge in [0.05, 0.1) is 16.5 Å². The number of amides is 1. The van der Waals surface area contributed by atoms with E-state index in [4.69, 9.17) is 11.6 Å². The zero-order valence-electron chi connectivity index (χ0n) is 12.6. The molecule has 0 aliphatic carbocycles. The summed E-state index contributed by atoms with van der Waals surface area (Å²) in [6.45, 7) is 0.441. The second-order valence-electron chi connectivity index (χ2n) is 5.81. The highest BCUT2D eigenvalue weighted by Gasteiger charge is 2.37. The largest absolute Gasteiger partial charge is 0.417 e. The third-order valence-corrected chi connectivity index (χ3v) is 4.65. The molecule has 1 aliphatic rings. The lowest BCUT2D eigenvalue weighted by atomic mass is 9.76. The first kappa shape index (κ1) is 16.8. The molecule has 1 aliphatic heterocycles. The topological polar surface area (TPSA) is 29.1 Å². The molecule has 0 unspecified atom stereocenters. The molecule has 0 spiro atoms. The zero-order valence-corrected chi connectivity index (χ0v) is 13.4. The Morgan fingerprint density at radius 3 is 2.42 bits per heavy atom. The molecule has 2 aromatic rings. The van der Waals surface area contributed by atoms with Crippen LogP contribution in [0.4, 0.5) is 13.2 Å². The van der Waals surface area contributed by atoms with Gasteiger partial charge in [-0.15, -0.1) is 0 Å². The average molecular weight is 354 g/mol. The van der Waals surface area contributed by atoms with E-state index in [-0.39, 0.29) is 16.8 Å². The van der Waals surface area contributed by atoms with Gasteiger partial charge >= 0.3 is 6.18 Å². The number of hydrogen-bond donors (Lipinski definition) is 1. The highest BCUT2D eigenvalue weighted by atomic mass is 35.5. The van der Waals surface area contributed by atoms with Crippen molar-refractivity contribution in [3.63, 3.8) is 0 Å². The average Bonchev–Trinajstić information content (AvgIpc) is 2.55. The Kier molecular flexibility index (Phi) is 4.54. The fraction of sp³-hybridized carbons (Fsp3) is 0.278. The number of piperidine rings is 1. The van der Waals surface area contributed by atoms with Crippen molar-refractivity contribution in [3.8, 4) is 0 Å². The number of nitrogens with one attached hydrogen (secondary N) is 1. The van der Waals surface area contributed by atoms with Crippen LogP contribution < -0.4 is 5.32 Å². The maximum atomic E-state index is 13.1. The van der Waals surface area contributed by atoms with Crippen LogP contribution in [0.25, 0.3) is 0 Å². The Hall–Kier alpha value is -2.01. The number of halogens is 4. The van der Waals surface area contributed by atoms with Crippen LogP contribution in [0.15, 0.2) is 48.5 Å². The summed E-state index contributed by atoms with van der Waals surface area (Å²) in [5, 5.41) is 2.47. The van der Waals surface area contributed by atoms with E-state index in [2.05, 4.69) is 5.32 Å². The van der Waals surface area contributed by atoms with Gasteiger partial charge in [-0.05, 0) is 29.7 Å². The van der Waals surface area contributed by atoms with Crippen molar-refractivity contribution in [2.75, 3.05) is 6.54 Å². The van der Waals surface area contributed by atoms with Crippen molar-refractivity contribution in [1.82, 2.24) is 5.32 Å². The second kappa shape index (κ2) is 6.48. The molecular formula is C18H15ClF3NO. The van der Waals surface area contributed by atoms with E-state index in [0.717, 1.165) is 11.6 Å². The van der Waals surface area contributed by atoms with Gasteiger partial charge in [-0.2, -0.15) is 13.2 Å². The number of hydrogen-bond acceptors (Lipinski definition) is 1. The standard InChI is InChI=1S/C18H15ClF3NO/c19-15-7-6-12(10-14(15)18(20,21)22)13-8-9-23-17(24)16(13)11-4-2-1-3-5-11/h1-7,10,13,16H,8-9H2,(H,23,24)/t13-,16-/m1/s1. The number of rotatable bonds is 2. The lowest BCUT2D eigenvalue weighted by Crippen LogP contribution is -2.39. The SMILES string of the molecule is O=C1NCC[C@H](c2ccc(Cl)c(C(F)(F)F)c2)[C@H]1c1ccccc1. The fourth-order valence-electron chi connectivity index (χ4n) is 3.20. The van der Waals surface area contributed by atoms with Gasteiger partial charge in [-0.3, -0.25) is 4.79 Å². The van der Waals surface area contributed by atoms with Crippen molar-refractivity contribution >= 4 is 17.5 Å². The first-order chi connectivity index (χ1) is 11.4. The molecule has 0 radical (unpaired) electrons. The molecule has 2 aromatic carbocycles. The first-order valence-corrected chi connectivity index (χ1v) is 7.95. The van der Waals surface area contributed by atoms with Gasteiger partial charge in [0.1, 0.15) is 0 Å². The van der Waals surface area contributed by atoms with Crippen LogP contribution in [-0.2, 0) is 11.0 Å². The Bertz CT molecular complexity index is 746. The van der Waals surface area contributed by atoms with Crippen molar-refractivity contribution in [2.45, 2.75) is 24.4 Å².